The molecule has 0 aromatic rings. The molecule has 0 saturated carbocycles. The number of hydrogen-bond acceptors (Lipinski definition) is 5. The average molecular weight is 362 g/mol. The van der Waals surface area contributed by atoms with Gasteiger partial charge in [0.05, 0.1) is 12.3 Å². The number of sulfonamides is 1. The Bertz CT molecular complexity index is 560. The van der Waals surface area contributed by atoms with Crippen molar-refractivity contribution in [2.45, 2.75) is 52.6 Å². The zero-order valence-electron chi connectivity index (χ0n) is 15.0. The molecular weight excluding hydrogens is 332 g/mol. The van der Waals surface area contributed by atoms with Gasteiger partial charge in [-0.3, -0.25) is 9.59 Å². The number of carbonyl (C=O) groups is 2. The number of hydrogen-bond donors (Lipinski definition) is 3. The molecule has 0 aromatic carbocycles. The molecule has 0 aliphatic carbocycles. The summed E-state index contributed by atoms with van der Waals surface area (Å²) < 4.78 is 26.0. The monoisotopic (exact) mass is 362 g/mol. The molecule has 0 spiro atoms. The molecule has 8 nitrogen and oxygen atoms in total. The normalized spacial score (nSPS) is 20.9. The van der Waals surface area contributed by atoms with E-state index in [1.54, 1.807) is 18.7 Å². The summed E-state index contributed by atoms with van der Waals surface area (Å²) in [5.74, 6) is -0.928. The van der Waals surface area contributed by atoms with E-state index in [1.165, 1.54) is 0 Å². The summed E-state index contributed by atoms with van der Waals surface area (Å²) in [5.41, 5.74) is 5.86. The van der Waals surface area contributed by atoms with Crippen LogP contribution in [-0.4, -0.2) is 62.6 Å². The largest absolute Gasteiger partial charge is 0.353 e. The molecule has 1 aliphatic rings. The van der Waals surface area contributed by atoms with E-state index in [-0.39, 0.29) is 42.1 Å². The first-order chi connectivity index (χ1) is 10.9. The maximum absolute atomic E-state index is 12.2. The van der Waals surface area contributed by atoms with E-state index in [1.807, 2.05) is 13.8 Å². The number of nitrogens with two attached hydrogens (primary N) is 1. The Kier molecular flexibility index (Phi) is 7.18. The molecule has 0 bridgehead atoms. The number of likely N-dealkylation sites (tertiary alicyclic amines) is 1. The molecule has 1 fully saturated rings. The Morgan fingerprint density at radius 2 is 1.96 bits per heavy atom. The van der Waals surface area contributed by atoms with Gasteiger partial charge in [-0.2, -0.15) is 0 Å². The predicted octanol–water partition coefficient (Wildman–Crippen LogP) is -0.594. The van der Waals surface area contributed by atoms with Crippen molar-refractivity contribution >= 4 is 21.8 Å². The number of carbonyl (C=O) groups excluding carboxylic acids is 2. The first kappa shape index (κ1) is 20.9. The van der Waals surface area contributed by atoms with Crippen LogP contribution in [-0.2, 0) is 19.6 Å². The van der Waals surface area contributed by atoms with Gasteiger partial charge in [0, 0.05) is 31.6 Å². The lowest BCUT2D eigenvalue weighted by molar-refractivity contribution is -0.134. The number of nitrogens with zero attached hydrogens (tertiary/aromatic N) is 1. The minimum atomic E-state index is -3.67. The van der Waals surface area contributed by atoms with Gasteiger partial charge < -0.3 is 16.0 Å². The molecule has 24 heavy (non-hydrogen) atoms. The summed E-state index contributed by atoms with van der Waals surface area (Å²) in [7, 11) is -3.67. The van der Waals surface area contributed by atoms with Crippen molar-refractivity contribution in [3.05, 3.63) is 0 Å². The second kappa shape index (κ2) is 8.26. The topological polar surface area (TPSA) is 122 Å². The highest BCUT2D eigenvalue weighted by molar-refractivity contribution is 7.89. The van der Waals surface area contributed by atoms with Crippen LogP contribution in [0.4, 0.5) is 0 Å². The van der Waals surface area contributed by atoms with Crippen LogP contribution in [0, 0.1) is 5.41 Å². The van der Waals surface area contributed by atoms with Crippen LogP contribution in [0.3, 0.4) is 0 Å². The fourth-order valence-corrected chi connectivity index (χ4v) is 3.53. The fraction of sp³-hybridized carbons (Fsp3) is 0.867. The van der Waals surface area contributed by atoms with Crippen molar-refractivity contribution in [1.29, 1.82) is 0 Å². The highest BCUT2D eigenvalue weighted by Crippen LogP contribution is 2.27. The third-order valence-corrected chi connectivity index (χ3v) is 5.48. The number of rotatable bonds is 7. The second-order valence-electron chi connectivity index (χ2n) is 7.31. The molecule has 1 atom stereocenters. The van der Waals surface area contributed by atoms with Crippen molar-refractivity contribution in [3.63, 3.8) is 0 Å². The SMILES string of the molecule is CC(C)NC(=O)CNS(=O)(=O)CCC(=O)N1CCC(N)C(C)(C)C1. The minimum absolute atomic E-state index is 0.0337. The third-order valence-electron chi connectivity index (χ3n) is 4.15. The summed E-state index contributed by atoms with van der Waals surface area (Å²) in [6.07, 6.45) is 0.603. The first-order valence-electron chi connectivity index (χ1n) is 8.23. The van der Waals surface area contributed by atoms with Crippen molar-refractivity contribution in [2.24, 2.45) is 11.1 Å². The zero-order chi connectivity index (χ0) is 18.5. The van der Waals surface area contributed by atoms with Crippen LogP contribution in [0.15, 0.2) is 0 Å². The molecule has 4 N–H and O–H groups in total. The van der Waals surface area contributed by atoms with E-state index in [2.05, 4.69) is 10.0 Å². The highest BCUT2D eigenvalue weighted by Gasteiger charge is 2.35. The number of piperidine rings is 1. The maximum Gasteiger partial charge on any atom is 0.235 e. The number of nitrogens with one attached hydrogen (secondary N) is 2. The lowest BCUT2D eigenvalue weighted by Gasteiger charge is -2.42. The van der Waals surface area contributed by atoms with Gasteiger partial charge in [0.25, 0.3) is 0 Å². The highest BCUT2D eigenvalue weighted by atomic mass is 32.2. The Hall–Kier alpha value is -1.19. The second-order valence-corrected chi connectivity index (χ2v) is 9.24. The summed E-state index contributed by atoms with van der Waals surface area (Å²) >= 11 is 0. The predicted molar refractivity (Wildman–Crippen MR) is 92.6 cm³/mol. The summed E-state index contributed by atoms with van der Waals surface area (Å²) in [4.78, 5) is 25.4. The van der Waals surface area contributed by atoms with Gasteiger partial charge in [-0.1, -0.05) is 13.8 Å². The van der Waals surface area contributed by atoms with Crippen molar-refractivity contribution in [1.82, 2.24) is 14.9 Å². The van der Waals surface area contributed by atoms with Crippen LogP contribution in [0.2, 0.25) is 0 Å². The van der Waals surface area contributed by atoms with Crippen molar-refractivity contribution in [2.75, 3.05) is 25.4 Å². The molecule has 1 heterocycles. The fourth-order valence-electron chi connectivity index (χ4n) is 2.59. The molecule has 2 amide bonds. The van der Waals surface area contributed by atoms with Gasteiger partial charge in [0.1, 0.15) is 0 Å². The van der Waals surface area contributed by atoms with Crippen molar-refractivity contribution in [3.8, 4) is 0 Å². The Morgan fingerprint density at radius 1 is 1.33 bits per heavy atom. The van der Waals surface area contributed by atoms with Crippen LogP contribution < -0.4 is 15.8 Å². The van der Waals surface area contributed by atoms with Crippen LogP contribution in [0.25, 0.3) is 0 Å². The average Bonchev–Trinajstić information content (AvgIpc) is 2.45. The Balaban J connectivity index is 2.44. The van der Waals surface area contributed by atoms with Gasteiger partial charge in [0.15, 0.2) is 0 Å². The quantitative estimate of drug-likeness (QED) is 0.559. The smallest absolute Gasteiger partial charge is 0.235 e. The van der Waals surface area contributed by atoms with E-state index < -0.39 is 15.9 Å². The summed E-state index contributed by atoms with van der Waals surface area (Å²) in [6.45, 7) is 8.34. The Morgan fingerprint density at radius 3 is 2.50 bits per heavy atom. The van der Waals surface area contributed by atoms with E-state index in [0.717, 1.165) is 0 Å². The zero-order valence-corrected chi connectivity index (χ0v) is 15.8. The lowest BCUT2D eigenvalue weighted by atomic mass is 9.79. The van der Waals surface area contributed by atoms with E-state index in [4.69, 9.17) is 5.73 Å². The van der Waals surface area contributed by atoms with Gasteiger partial charge >= 0.3 is 0 Å². The van der Waals surface area contributed by atoms with Gasteiger partial charge in [-0.15, -0.1) is 0 Å². The van der Waals surface area contributed by atoms with Gasteiger partial charge in [-0.25, -0.2) is 13.1 Å². The van der Waals surface area contributed by atoms with Crippen LogP contribution >= 0.6 is 0 Å². The van der Waals surface area contributed by atoms with Crippen LogP contribution in [0.5, 0.6) is 0 Å². The molecule has 1 aliphatic heterocycles. The molecule has 0 radical (unpaired) electrons. The molecule has 1 rings (SSSR count). The van der Waals surface area contributed by atoms with Crippen LogP contribution in [0.1, 0.15) is 40.5 Å². The summed E-state index contributed by atoms with van der Waals surface area (Å²) in [5, 5.41) is 2.59. The third kappa shape index (κ3) is 6.74. The van der Waals surface area contributed by atoms with Gasteiger partial charge in [0.2, 0.25) is 21.8 Å². The van der Waals surface area contributed by atoms with E-state index in [9.17, 15) is 18.0 Å². The molecular formula is C15H30N4O4S. The molecule has 0 aromatic heterocycles. The molecule has 9 heteroatoms. The molecule has 1 saturated heterocycles. The molecule has 140 valence electrons. The van der Waals surface area contributed by atoms with Crippen molar-refractivity contribution < 1.29 is 18.0 Å². The maximum atomic E-state index is 12.2. The summed E-state index contributed by atoms with van der Waals surface area (Å²) in [6, 6.07) is -0.0242. The van der Waals surface area contributed by atoms with E-state index in [0.29, 0.717) is 19.5 Å². The van der Waals surface area contributed by atoms with E-state index >= 15 is 0 Å². The molecule has 1 unspecified atom stereocenters. The minimum Gasteiger partial charge on any atom is -0.353 e. The lowest BCUT2D eigenvalue weighted by Crippen LogP contribution is -2.54. The Labute approximate surface area is 144 Å². The van der Waals surface area contributed by atoms with Gasteiger partial charge in [-0.05, 0) is 25.7 Å². The standard InChI is InChI=1S/C15H30N4O4S/c1-11(2)18-13(20)9-17-24(22,23)8-6-14(21)19-7-5-12(16)15(3,4)10-19/h11-12,17H,5-10,16H2,1-4H3,(H,18,20). The number of amides is 2. The first-order valence-corrected chi connectivity index (χ1v) is 9.88.